The molecule has 0 unspecified atom stereocenters. The van der Waals surface area contributed by atoms with Crippen LogP contribution in [0.25, 0.3) is 0 Å². The number of aryl methyl sites for hydroxylation is 3. The van der Waals surface area contributed by atoms with Crippen molar-refractivity contribution in [3.05, 3.63) is 63.2 Å². The Labute approximate surface area is 157 Å². The second-order valence-corrected chi connectivity index (χ2v) is 8.02. The minimum atomic E-state index is -4.35. The zero-order valence-electron chi connectivity index (χ0n) is 15.2. The van der Waals surface area contributed by atoms with Crippen molar-refractivity contribution in [2.75, 3.05) is 10.8 Å². The summed E-state index contributed by atoms with van der Waals surface area (Å²) in [5.74, 6) is -1.17. The number of rotatable bonds is 7. The van der Waals surface area contributed by atoms with Gasteiger partial charge in [0, 0.05) is 12.6 Å². The molecule has 2 aromatic carbocycles. The van der Waals surface area contributed by atoms with Gasteiger partial charge in [-0.3, -0.25) is 19.2 Å². The molecule has 0 fully saturated rings. The van der Waals surface area contributed by atoms with Crippen LogP contribution < -0.4 is 4.31 Å². The molecular formula is C18H20N2O6S. The number of nitro groups is 1. The topological polar surface area (TPSA) is 118 Å². The highest BCUT2D eigenvalue weighted by Crippen LogP contribution is 2.34. The van der Waals surface area contributed by atoms with Crippen LogP contribution in [0.3, 0.4) is 0 Å². The molecule has 9 heteroatoms. The maximum absolute atomic E-state index is 13.3. The molecule has 0 radical (unpaired) electrons. The number of hydrogen-bond acceptors (Lipinski definition) is 5. The predicted octanol–water partition coefficient (Wildman–Crippen LogP) is 3.19. The van der Waals surface area contributed by atoms with Crippen LogP contribution in [0.1, 0.15) is 23.1 Å². The summed E-state index contributed by atoms with van der Waals surface area (Å²) in [4.78, 5) is 21.1. The van der Waals surface area contributed by atoms with Crippen LogP contribution in [0.4, 0.5) is 11.4 Å². The number of sulfonamides is 1. The van der Waals surface area contributed by atoms with Crippen molar-refractivity contribution in [2.24, 2.45) is 0 Å². The van der Waals surface area contributed by atoms with E-state index in [0.29, 0.717) is 16.8 Å². The fourth-order valence-electron chi connectivity index (χ4n) is 3.06. The van der Waals surface area contributed by atoms with Gasteiger partial charge in [-0.2, -0.15) is 0 Å². The average molecular weight is 392 g/mol. The number of carboxylic acid groups (broad SMARTS) is 1. The van der Waals surface area contributed by atoms with Gasteiger partial charge < -0.3 is 5.11 Å². The molecule has 0 bridgehead atoms. The number of para-hydroxylation sites is 1. The third-order valence-electron chi connectivity index (χ3n) is 4.04. The first-order valence-electron chi connectivity index (χ1n) is 8.11. The zero-order chi connectivity index (χ0) is 20.4. The molecular weight excluding hydrogens is 372 g/mol. The molecule has 0 aliphatic rings. The highest BCUT2D eigenvalue weighted by atomic mass is 32.2. The van der Waals surface area contributed by atoms with Gasteiger partial charge in [0.15, 0.2) is 4.90 Å². The predicted molar refractivity (Wildman–Crippen MR) is 101 cm³/mol. The van der Waals surface area contributed by atoms with E-state index in [9.17, 15) is 23.3 Å². The summed E-state index contributed by atoms with van der Waals surface area (Å²) in [6, 6.07) is 8.60. The van der Waals surface area contributed by atoms with Crippen LogP contribution >= 0.6 is 0 Å². The maximum Gasteiger partial charge on any atom is 0.305 e. The van der Waals surface area contributed by atoms with E-state index in [1.54, 1.807) is 26.0 Å². The first kappa shape index (κ1) is 20.4. The Kier molecular flexibility index (Phi) is 5.85. The lowest BCUT2D eigenvalue weighted by Crippen LogP contribution is -2.34. The van der Waals surface area contributed by atoms with Crippen LogP contribution in [0.2, 0.25) is 0 Å². The Hall–Kier alpha value is -2.94. The van der Waals surface area contributed by atoms with Gasteiger partial charge in [-0.25, -0.2) is 8.42 Å². The minimum absolute atomic E-state index is 0.333. The highest BCUT2D eigenvalue weighted by Gasteiger charge is 2.33. The number of nitrogens with zero attached hydrogens (tertiary/aromatic N) is 2. The number of hydrogen-bond donors (Lipinski definition) is 1. The molecule has 0 aliphatic heterocycles. The van der Waals surface area contributed by atoms with Gasteiger partial charge in [0.05, 0.1) is 17.0 Å². The summed E-state index contributed by atoms with van der Waals surface area (Å²) in [5, 5.41) is 20.3. The van der Waals surface area contributed by atoms with Crippen molar-refractivity contribution >= 4 is 27.4 Å². The van der Waals surface area contributed by atoms with Crippen LogP contribution in [-0.4, -0.2) is 31.0 Å². The van der Waals surface area contributed by atoms with E-state index < -0.39 is 37.9 Å². The van der Waals surface area contributed by atoms with E-state index in [1.165, 1.54) is 12.1 Å². The van der Waals surface area contributed by atoms with Crippen molar-refractivity contribution in [1.82, 2.24) is 0 Å². The number of nitro benzene ring substituents is 1. The summed E-state index contributed by atoms with van der Waals surface area (Å²) in [6.45, 7) is 4.96. The normalized spacial score (nSPS) is 11.2. The van der Waals surface area contributed by atoms with Crippen molar-refractivity contribution < 1.29 is 23.2 Å². The molecule has 0 atom stereocenters. The number of anilines is 1. The number of carbonyl (C=O) groups is 1. The average Bonchev–Trinajstić information content (AvgIpc) is 2.56. The summed E-state index contributed by atoms with van der Waals surface area (Å²) in [5.41, 5.74) is 1.98. The van der Waals surface area contributed by atoms with Crippen LogP contribution in [-0.2, 0) is 14.8 Å². The van der Waals surface area contributed by atoms with Crippen molar-refractivity contribution in [3.8, 4) is 0 Å². The van der Waals surface area contributed by atoms with Crippen molar-refractivity contribution in [2.45, 2.75) is 32.1 Å². The fraction of sp³-hybridized carbons (Fsp3) is 0.278. The Morgan fingerprint density at radius 1 is 1.15 bits per heavy atom. The number of carboxylic acids is 1. The molecule has 144 valence electrons. The number of benzene rings is 2. The minimum Gasteiger partial charge on any atom is -0.481 e. The van der Waals surface area contributed by atoms with Gasteiger partial charge in [-0.1, -0.05) is 29.8 Å². The molecule has 0 saturated carbocycles. The summed E-state index contributed by atoms with van der Waals surface area (Å²) in [6.07, 6.45) is -0.438. The molecule has 2 aromatic rings. The summed E-state index contributed by atoms with van der Waals surface area (Å²) < 4.78 is 27.5. The Morgan fingerprint density at radius 3 is 2.22 bits per heavy atom. The van der Waals surface area contributed by atoms with E-state index >= 15 is 0 Å². The maximum atomic E-state index is 13.3. The van der Waals surface area contributed by atoms with Gasteiger partial charge in [-0.05, 0) is 38.0 Å². The van der Waals surface area contributed by atoms with E-state index in [2.05, 4.69) is 0 Å². The highest BCUT2D eigenvalue weighted by molar-refractivity contribution is 7.93. The van der Waals surface area contributed by atoms with E-state index in [1.807, 2.05) is 6.92 Å². The van der Waals surface area contributed by atoms with Gasteiger partial charge in [0.25, 0.3) is 15.7 Å². The van der Waals surface area contributed by atoms with Gasteiger partial charge in [0.2, 0.25) is 0 Å². The van der Waals surface area contributed by atoms with E-state index in [-0.39, 0.29) is 6.54 Å². The molecule has 8 nitrogen and oxygen atoms in total. The Bertz CT molecular complexity index is 978. The van der Waals surface area contributed by atoms with Crippen LogP contribution in [0, 0.1) is 30.9 Å². The monoisotopic (exact) mass is 392 g/mol. The second-order valence-electron chi connectivity index (χ2n) is 6.19. The first-order valence-corrected chi connectivity index (χ1v) is 9.55. The Balaban J connectivity index is 2.72. The smallest absolute Gasteiger partial charge is 0.305 e. The number of aliphatic carboxylic acids is 1. The second kappa shape index (κ2) is 7.75. The molecule has 1 N–H and O–H groups in total. The van der Waals surface area contributed by atoms with E-state index in [0.717, 1.165) is 22.0 Å². The molecule has 0 aromatic heterocycles. The standard InChI is InChI=1S/C18H20N2O6S/c1-12-10-13(2)18(14(3)11-12)19(9-8-17(21)22)27(25,26)16-7-5-4-6-15(16)20(23)24/h4-7,10-11H,8-9H2,1-3H3,(H,21,22). The van der Waals surface area contributed by atoms with Crippen LogP contribution in [0.5, 0.6) is 0 Å². The van der Waals surface area contributed by atoms with Gasteiger partial charge >= 0.3 is 5.97 Å². The molecule has 27 heavy (non-hydrogen) atoms. The van der Waals surface area contributed by atoms with E-state index in [4.69, 9.17) is 5.11 Å². The molecule has 0 spiro atoms. The quantitative estimate of drug-likeness (QED) is 0.571. The summed E-state index contributed by atoms with van der Waals surface area (Å²) in [7, 11) is -4.35. The largest absolute Gasteiger partial charge is 0.481 e. The van der Waals surface area contributed by atoms with Crippen molar-refractivity contribution in [1.29, 1.82) is 0 Å². The third-order valence-corrected chi connectivity index (χ3v) is 5.89. The SMILES string of the molecule is Cc1cc(C)c(N(CCC(=O)O)S(=O)(=O)c2ccccc2[N+](=O)[O-])c(C)c1. The van der Waals surface area contributed by atoms with Gasteiger partial charge in [-0.15, -0.1) is 0 Å². The Morgan fingerprint density at radius 2 is 1.70 bits per heavy atom. The summed E-state index contributed by atoms with van der Waals surface area (Å²) >= 11 is 0. The molecule has 0 saturated heterocycles. The molecule has 2 rings (SSSR count). The van der Waals surface area contributed by atoms with Crippen LogP contribution in [0.15, 0.2) is 41.3 Å². The van der Waals surface area contributed by atoms with Gasteiger partial charge in [0.1, 0.15) is 0 Å². The molecule has 0 heterocycles. The molecule has 0 aliphatic carbocycles. The third kappa shape index (κ3) is 4.25. The lowest BCUT2D eigenvalue weighted by Gasteiger charge is -2.27. The molecule has 0 amide bonds. The van der Waals surface area contributed by atoms with Crippen molar-refractivity contribution in [3.63, 3.8) is 0 Å². The fourth-order valence-corrected chi connectivity index (χ4v) is 4.81. The lowest BCUT2D eigenvalue weighted by atomic mass is 10.1. The zero-order valence-corrected chi connectivity index (χ0v) is 16.0. The lowest BCUT2D eigenvalue weighted by molar-refractivity contribution is -0.387. The first-order chi connectivity index (χ1) is 12.6.